The summed E-state index contributed by atoms with van der Waals surface area (Å²) in [4.78, 5) is 2.53. The summed E-state index contributed by atoms with van der Waals surface area (Å²) < 4.78 is 2.09. The zero-order valence-corrected chi connectivity index (χ0v) is 11.9. The standard InChI is InChI=1S/C14H26N4/c1-4-12(3)18-9-7-13(16-18)11-17(5-2)14-6-8-15-10-14/h7,9,12,14-15H,4-6,8,10-11H2,1-3H3. The van der Waals surface area contributed by atoms with Gasteiger partial charge >= 0.3 is 0 Å². The van der Waals surface area contributed by atoms with E-state index in [1.54, 1.807) is 0 Å². The highest BCUT2D eigenvalue weighted by atomic mass is 15.3. The van der Waals surface area contributed by atoms with Gasteiger partial charge in [-0.15, -0.1) is 0 Å². The number of likely N-dealkylation sites (N-methyl/N-ethyl adjacent to an activating group) is 1. The van der Waals surface area contributed by atoms with Crippen LogP contribution in [-0.4, -0.2) is 40.4 Å². The van der Waals surface area contributed by atoms with Crippen molar-refractivity contribution in [3.8, 4) is 0 Å². The fourth-order valence-corrected chi connectivity index (χ4v) is 2.55. The molecule has 0 saturated carbocycles. The van der Waals surface area contributed by atoms with E-state index in [0.717, 1.165) is 32.6 Å². The van der Waals surface area contributed by atoms with E-state index < -0.39 is 0 Å². The Morgan fingerprint density at radius 1 is 1.56 bits per heavy atom. The highest BCUT2D eigenvalue weighted by molar-refractivity contribution is 5.00. The number of hydrogen-bond acceptors (Lipinski definition) is 3. The summed E-state index contributed by atoms with van der Waals surface area (Å²) in [5.41, 5.74) is 1.20. The minimum absolute atomic E-state index is 0.502. The van der Waals surface area contributed by atoms with Crippen molar-refractivity contribution in [2.75, 3.05) is 19.6 Å². The maximum absolute atomic E-state index is 4.69. The second-order valence-corrected chi connectivity index (χ2v) is 5.25. The molecular formula is C14H26N4. The van der Waals surface area contributed by atoms with Gasteiger partial charge in [-0.05, 0) is 38.9 Å². The first-order valence-corrected chi connectivity index (χ1v) is 7.23. The van der Waals surface area contributed by atoms with Crippen LogP contribution in [0.1, 0.15) is 45.3 Å². The lowest BCUT2D eigenvalue weighted by Gasteiger charge is -2.25. The summed E-state index contributed by atoms with van der Waals surface area (Å²) in [6.45, 7) is 11.0. The third-order valence-corrected chi connectivity index (χ3v) is 4.03. The third-order valence-electron chi connectivity index (χ3n) is 4.03. The van der Waals surface area contributed by atoms with Gasteiger partial charge in [0, 0.05) is 31.4 Å². The molecule has 2 rings (SSSR count). The molecule has 1 aromatic heterocycles. The van der Waals surface area contributed by atoms with E-state index in [4.69, 9.17) is 5.10 Å². The molecule has 0 bridgehead atoms. The Hall–Kier alpha value is -0.870. The average Bonchev–Trinajstić information content (AvgIpc) is 3.05. The average molecular weight is 250 g/mol. The Bertz CT molecular complexity index is 354. The van der Waals surface area contributed by atoms with Crippen LogP contribution in [0.15, 0.2) is 12.3 Å². The molecule has 0 spiro atoms. The van der Waals surface area contributed by atoms with E-state index in [1.807, 2.05) is 0 Å². The lowest BCUT2D eigenvalue weighted by Crippen LogP contribution is -2.36. The van der Waals surface area contributed by atoms with Gasteiger partial charge in [0.1, 0.15) is 0 Å². The Morgan fingerprint density at radius 3 is 3.00 bits per heavy atom. The van der Waals surface area contributed by atoms with Gasteiger partial charge in [-0.2, -0.15) is 5.10 Å². The molecule has 18 heavy (non-hydrogen) atoms. The highest BCUT2D eigenvalue weighted by Gasteiger charge is 2.21. The van der Waals surface area contributed by atoms with Crippen LogP contribution >= 0.6 is 0 Å². The van der Waals surface area contributed by atoms with Gasteiger partial charge in [0.05, 0.1) is 5.69 Å². The van der Waals surface area contributed by atoms with Crippen molar-refractivity contribution in [1.29, 1.82) is 0 Å². The van der Waals surface area contributed by atoms with Crippen LogP contribution in [0.25, 0.3) is 0 Å². The molecule has 0 amide bonds. The van der Waals surface area contributed by atoms with E-state index in [0.29, 0.717) is 12.1 Å². The molecule has 2 atom stereocenters. The first kappa shape index (κ1) is 13.6. The molecule has 102 valence electrons. The maximum Gasteiger partial charge on any atom is 0.0765 e. The molecule has 0 radical (unpaired) electrons. The Labute approximate surface area is 110 Å². The fraction of sp³-hybridized carbons (Fsp3) is 0.786. The molecule has 1 N–H and O–H groups in total. The van der Waals surface area contributed by atoms with E-state index in [1.165, 1.54) is 12.1 Å². The number of nitrogens with one attached hydrogen (secondary N) is 1. The van der Waals surface area contributed by atoms with Crippen molar-refractivity contribution >= 4 is 0 Å². The van der Waals surface area contributed by atoms with Crippen molar-refractivity contribution in [2.45, 2.75) is 52.2 Å². The van der Waals surface area contributed by atoms with Gasteiger partial charge in [0.25, 0.3) is 0 Å². The lowest BCUT2D eigenvalue weighted by atomic mass is 10.2. The molecule has 1 aromatic rings. The van der Waals surface area contributed by atoms with Gasteiger partial charge in [-0.1, -0.05) is 13.8 Å². The van der Waals surface area contributed by atoms with Crippen molar-refractivity contribution < 1.29 is 0 Å². The summed E-state index contributed by atoms with van der Waals surface area (Å²) in [7, 11) is 0. The molecule has 1 aliphatic heterocycles. The zero-order chi connectivity index (χ0) is 13.0. The summed E-state index contributed by atoms with van der Waals surface area (Å²) in [5.74, 6) is 0. The van der Waals surface area contributed by atoms with Crippen LogP contribution in [0.5, 0.6) is 0 Å². The predicted octanol–water partition coefficient (Wildman–Crippen LogP) is 2.04. The van der Waals surface area contributed by atoms with Crippen molar-refractivity contribution in [2.24, 2.45) is 0 Å². The number of nitrogens with zero attached hydrogens (tertiary/aromatic N) is 3. The van der Waals surface area contributed by atoms with Crippen LogP contribution in [0, 0.1) is 0 Å². The Balaban J connectivity index is 1.96. The topological polar surface area (TPSA) is 33.1 Å². The molecule has 0 aliphatic carbocycles. The summed E-state index contributed by atoms with van der Waals surface area (Å²) in [6.07, 6.45) is 4.51. The van der Waals surface area contributed by atoms with Gasteiger partial charge < -0.3 is 5.32 Å². The molecule has 2 heterocycles. The SMILES string of the molecule is CCC(C)n1ccc(CN(CC)C2CCNC2)n1. The van der Waals surface area contributed by atoms with Crippen LogP contribution in [0.4, 0.5) is 0 Å². The van der Waals surface area contributed by atoms with Crippen LogP contribution in [0.2, 0.25) is 0 Å². The second-order valence-electron chi connectivity index (χ2n) is 5.25. The number of aromatic nitrogens is 2. The molecule has 1 aliphatic rings. The molecule has 1 saturated heterocycles. The zero-order valence-electron chi connectivity index (χ0n) is 11.9. The largest absolute Gasteiger partial charge is 0.315 e. The van der Waals surface area contributed by atoms with E-state index >= 15 is 0 Å². The normalized spacial score (nSPS) is 21.7. The lowest BCUT2D eigenvalue weighted by molar-refractivity contribution is 0.207. The second kappa shape index (κ2) is 6.34. The molecular weight excluding hydrogens is 224 g/mol. The Kier molecular flexibility index (Phi) is 4.78. The molecule has 4 nitrogen and oxygen atoms in total. The van der Waals surface area contributed by atoms with Crippen LogP contribution in [0.3, 0.4) is 0 Å². The summed E-state index contributed by atoms with van der Waals surface area (Å²) >= 11 is 0. The quantitative estimate of drug-likeness (QED) is 0.838. The summed E-state index contributed by atoms with van der Waals surface area (Å²) in [5, 5.41) is 8.13. The fourth-order valence-electron chi connectivity index (χ4n) is 2.55. The van der Waals surface area contributed by atoms with Crippen LogP contribution in [-0.2, 0) is 6.54 Å². The first-order valence-electron chi connectivity index (χ1n) is 7.23. The van der Waals surface area contributed by atoms with Crippen molar-refractivity contribution in [3.05, 3.63) is 18.0 Å². The smallest absolute Gasteiger partial charge is 0.0765 e. The number of hydrogen-bond donors (Lipinski definition) is 1. The molecule has 4 heteroatoms. The first-order chi connectivity index (χ1) is 8.74. The maximum atomic E-state index is 4.69. The van der Waals surface area contributed by atoms with Gasteiger partial charge in [-0.25, -0.2) is 0 Å². The highest BCUT2D eigenvalue weighted by Crippen LogP contribution is 2.14. The minimum Gasteiger partial charge on any atom is -0.315 e. The molecule has 2 unspecified atom stereocenters. The van der Waals surface area contributed by atoms with Gasteiger partial charge in [0.15, 0.2) is 0 Å². The van der Waals surface area contributed by atoms with E-state index in [2.05, 4.69) is 47.9 Å². The minimum atomic E-state index is 0.502. The number of rotatable bonds is 6. The van der Waals surface area contributed by atoms with E-state index in [9.17, 15) is 0 Å². The monoisotopic (exact) mass is 250 g/mol. The van der Waals surface area contributed by atoms with E-state index in [-0.39, 0.29) is 0 Å². The van der Waals surface area contributed by atoms with Crippen molar-refractivity contribution in [1.82, 2.24) is 20.0 Å². The molecule has 1 fully saturated rings. The third kappa shape index (κ3) is 3.12. The summed E-state index contributed by atoms with van der Waals surface area (Å²) in [6, 6.07) is 3.35. The van der Waals surface area contributed by atoms with Crippen molar-refractivity contribution in [3.63, 3.8) is 0 Å². The van der Waals surface area contributed by atoms with Gasteiger partial charge in [-0.3, -0.25) is 9.58 Å². The predicted molar refractivity (Wildman–Crippen MR) is 74.6 cm³/mol. The van der Waals surface area contributed by atoms with Crippen LogP contribution < -0.4 is 5.32 Å². The Morgan fingerprint density at radius 2 is 2.39 bits per heavy atom. The van der Waals surface area contributed by atoms with Gasteiger partial charge in [0.2, 0.25) is 0 Å². The molecule has 0 aromatic carbocycles.